The fourth-order valence-corrected chi connectivity index (χ4v) is 10.2. The lowest BCUT2D eigenvalue weighted by Gasteiger charge is -2.18. The summed E-state index contributed by atoms with van der Waals surface area (Å²) in [6.45, 7) is 6.51. The van der Waals surface area contributed by atoms with E-state index < -0.39 is 6.10 Å². The van der Waals surface area contributed by atoms with E-state index in [0.29, 0.717) is 19.3 Å². The number of esters is 3. The molecule has 0 aliphatic heterocycles. The van der Waals surface area contributed by atoms with Gasteiger partial charge >= 0.3 is 17.9 Å². The fourth-order valence-electron chi connectivity index (χ4n) is 10.2. The fraction of sp³-hybridized carbons (Fsp3) is 0.753. The van der Waals surface area contributed by atoms with Gasteiger partial charge in [0.15, 0.2) is 6.10 Å². The average Bonchev–Trinajstić information content (AvgIpc) is 3.49. The summed E-state index contributed by atoms with van der Waals surface area (Å²) in [5.41, 5.74) is 0. The van der Waals surface area contributed by atoms with Gasteiger partial charge in [0.25, 0.3) is 0 Å². The Morgan fingerprint density at radius 2 is 0.470 bits per heavy atom. The van der Waals surface area contributed by atoms with Crippen molar-refractivity contribution in [3.8, 4) is 0 Å². The van der Waals surface area contributed by atoms with Crippen LogP contribution in [0.1, 0.15) is 355 Å². The first-order valence-corrected chi connectivity index (χ1v) is 35.7. The number of hydrogen-bond donors (Lipinski definition) is 0. The normalized spacial score (nSPS) is 12.7. The lowest BCUT2D eigenvalue weighted by atomic mass is 10.0. The summed E-state index contributed by atoms with van der Waals surface area (Å²) in [6, 6.07) is 0. The van der Waals surface area contributed by atoms with E-state index in [0.717, 1.165) is 116 Å². The van der Waals surface area contributed by atoms with Crippen molar-refractivity contribution in [2.75, 3.05) is 13.2 Å². The topological polar surface area (TPSA) is 78.9 Å². The minimum atomic E-state index is -0.790. The molecule has 0 radical (unpaired) electrons. The Hall–Kier alpha value is -3.67. The summed E-state index contributed by atoms with van der Waals surface area (Å²) in [5.74, 6) is -0.893. The second-order valence-electron chi connectivity index (χ2n) is 23.8. The van der Waals surface area contributed by atoms with Crippen LogP contribution in [0.15, 0.2) is 97.2 Å². The molecule has 6 nitrogen and oxygen atoms in total. The molecular weight excluding hydrogens is 1020 g/mol. The molecule has 0 aliphatic carbocycles. The third-order valence-corrected chi connectivity index (χ3v) is 15.5. The van der Waals surface area contributed by atoms with Crippen molar-refractivity contribution >= 4 is 17.9 Å². The van der Waals surface area contributed by atoms with E-state index >= 15 is 0 Å². The van der Waals surface area contributed by atoms with Crippen LogP contribution in [-0.2, 0) is 28.6 Å². The van der Waals surface area contributed by atoms with Gasteiger partial charge in [-0.15, -0.1) is 0 Å². The first-order chi connectivity index (χ1) is 41.0. The van der Waals surface area contributed by atoms with Crippen LogP contribution in [-0.4, -0.2) is 37.2 Å². The Labute approximate surface area is 515 Å². The summed E-state index contributed by atoms with van der Waals surface area (Å²) >= 11 is 0. The van der Waals surface area contributed by atoms with Crippen LogP contribution in [0.25, 0.3) is 0 Å². The lowest BCUT2D eigenvalue weighted by Crippen LogP contribution is -2.30. The molecule has 6 heteroatoms. The Balaban J connectivity index is 4.20. The quantitative estimate of drug-likeness (QED) is 0.0261. The summed E-state index contributed by atoms with van der Waals surface area (Å²) in [7, 11) is 0. The summed E-state index contributed by atoms with van der Waals surface area (Å²) in [4.78, 5) is 38.4. The summed E-state index contributed by atoms with van der Waals surface area (Å²) in [6.07, 6.45) is 95.8. The van der Waals surface area contributed by atoms with E-state index in [9.17, 15) is 14.4 Å². The number of ether oxygens (including phenoxy) is 3. The molecule has 83 heavy (non-hydrogen) atoms. The predicted octanol–water partition coefficient (Wildman–Crippen LogP) is 24.8. The van der Waals surface area contributed by atoms with Gasteiger partial charge in [-0.1, -0.05) is 311 Å². The van der Waals surface area contributed by atoms with E-state index in [1.54, 1.807) is 0 Å². The first kappa shape index (κ1) is 79.3. The zero-order valence-electron chi connectivity index (χ0n) is 54.9. The Bertz CT molecular complexity index is 1610. The monoisotopic (exact) mass is 1160 g/mol. The number of rotatable bonds is 65. The number of hydrogen-bond acceptors (Lipinski definition) is 6. The van der Waals surface area contributed by atoms with Gasteiger partial charge in [0, 0.05) is 19.3 Å². The van der Waals surface area contributed by atoms with Gasteiger partial charge in [0.2, 0.25) is 0 Å². The van der Waals surface area contributed by atoms with E-state index in [1.807, 2.05) is 0 Å². The Kier molecular flexibility index (Phi) is 67.7. The SMILES string of the molecule is CC/C=C\C/C=C\C/C=C\CCCCCCCCCC(=O)OC(COC(=O)CCCCCCC/C=C\C/C=C\CCCCC)COC(=O)CCCCCCCCCCCCCCCCCCCC/C=C\C/C=C\C/C=C\CCCCCCC. The molecule has 0 rings (SSSR count). The molecule has 478 valence electrons. The highest BCUT2D eigenvalue weighted by molar-refractivity contribution is 5.71. The smallest absolute Gasteiger partial charge is 0.306 e. The minimum absolute atomic E-state index is 0.0837. The summed E-state index contributed by atoms with van der Waals surface area (Å²) < 4.78 is 17.0. The van der Waals surface area contributed by atoms with Crippen molar-refractivity contribution in [2.24, 2.45) is 0 Å². The van der Waals surface area contributed by atoms with Crippen LogP contribution in [0.3, 0.4) is 0 Å². The highest BCUT2D eigenvalue weighted by Gasteiger charge is 2.19. The molecule has 0 spiro atoms. The van der Waals surface area contributed by atoms with Gasteiger partial charge < -0.3 is 14.2 Å². The van der Waals surface area contributed by atoms with Gasteiger partial charge in [-0.3, -0.25) is 14.4 Å². The van der Waals surface area contributed by atoms with Crippen LogP contribution in [0.2, 0.25) is 0 Å². The predicted molar refractivity (Wildman–Crippen MR) is 362 cm³/mol. The van der Waals surface area contributed by atoms with E-state index in [-0.39, 0.29) is 31.1 Å². The van der Waals surface area contributed by atoms with Crippen LogP contribution in [0, 0.1) is 0 Å². The molecule has 0 aromatic rings. The van der Waals surface area contributed by atoms with Crippen LogP contribution in [0.5, 0.6) is 0 Å². The Morgan fingerprint density at radius 1 is 0.253 bits per heavy atom. The lowest BCUT2D eigenvalue weighted by molar-refractivity contribution is -0.167. The molecule has 0 fully saturated rings. The zero-order valence-corrected chi connectivity index (χ0v) is 54.9. The van der Waals surface area contributed by atoms with Crippen molar-refractivity contribution in [3.63, 3.8) is 0 Å². The van der Waals surface area contributed by atoms with Crippen molar-refractivity contribution < 1.29 is 28.6 Å². The average molecular weight is 1160 g/mol. The van der Waals surface area contributed by atoms with Crippen LogP contribution in [0.4, 0.5) is 0 Å². The molecule has 0 N–H and O–H groups in total. The maximum absolute atomic E-state index is 12.9. The molecule has 0 amide bonds. The number of carbonyl (C=O) groups is 3. The highest BCUT2D eigenvalue weighted by Crippen LogP contribution is 2.17. The standard InChI is InChI=1S/C77H134O6/c1-4-7-10-13-16-19-22-25-28-30-31-32-33-34-35-36-37-38-39-40-41-42-43-44-45-47-49-52-55-58-61-64-67-70-76(79)82-73-74(72-81-75(78)69-66-63-60-57-54-51-48-27-24-21-18-15-12-9-6-3)83-77(80)71-68-65-62-59-56-53-50-46-29-26-23-20-17-14-11-8-5-2/h8,11,17-18,20-22,25-27,29-31,33-34,48,74H,4-7,9-10,12-16,19,23-24,28,32,35-47,49-73H2,1-3H3/b11-8-,20-17-,21-18-,25-22-,29-26-,31-30-,34-33-,48-27-. The molecule has 0 aromatic carbocycles. The largest absolute Gasteiger partial charge is 0.462 e. The number of carbonyl (C=O) groups excluding carboxylic acids is 3. The molecule has 0 aliphatic rings. The Morgan fingerprint density at radius 3 is 0.759 bits per heavy atom. The van der Waals surface area contributed by atoms with Crippen LogP contribution >= 0.6 is 0 Å². The minimum Gasteiger partial charge on any atom is -0.462 e. The van der Waals surface area contributed by atoms with E-state index in [4.69, 9.17) is 14.2 Å². The van der Waals surface area contributed by atoms with E-state index in [1.165, 1.54) is 199 Å². The molecule has 0 saturated carbocycles. The van der Waals surface area contributed by atoms with Crippen molar-refractivity contribution in [3.05, 3.63) is 97.2 Å². The zero-order chi connectivity index (χ0) is 59.9. The van der Waals surface area contributed by atoms with Crippen molar-refractivity contribution in [2.45, 2.75) is 361 Å². The number of allylic oxidation sites excluding steroid dienone is 16. The van der Waals surface area contributed by atoms with Gasteiger partial charge in [0.1, 0.15) is 13.2 Å². The molecule has 0 heterocycles. The van der Waals surface area contributed by atoms with Crippen LogP contribution < -0.4 is 0 Å². The molecule has 0 aromatic heterocycles. The first-order valence-electron chi connectivity index (χ1n) is 35.7. The third kappa shape index (κ3) is 69.0. The maximum Gasteiger partial charge on any atom is 0.306 e. The van der Waals surface area contributed by atoms with E-state index in [2.05, 4.69) is 118 Å². The highest BCUT2D eigenvalue weighted by atomic mass is 16.6. The van der Waals surface area contributed by atoms with Gasteiger partial charge in [-0.25, -0.2) is 0 Å². The molecule has 1 unspecified atom stereocenters. The van der Waals surface area contributed by atoms with Gasteiger partial charge in [0.05, 0.1) is 0 Å². The summed E-state index contributed by atoms with van der Waals surface area (Å²) in [5, 5.41) is 0. The van der Waals surface area contributed by atoms with Gasteiger partial charge in [-0.05, 0) is 122 Å². The second kappa shape index (κ2) is 70.8. The van der Waals surface area contributed by atoms with Crippen molar-refractivity contribution in [1.29, 1.82) is 0 Å². The third-order valence-electron chi connectivity index (χ3n) is 15.5. The molecule has 0 bridgehead atoms. The number of unbranched alkanes of at least 4 members (excludes halogenated alkanes) is 38. The molecule has 0 saturated heterocycles. The second-order valence-corrected chi connectivity index (χ2v) is 23.8. The van der Waals surface area contributed by atoms with Crippen molar-refractivity contribution in [1.82, 2.24) is 0 Å². The molecular formula is C77H134O6. The maximum atomic E-state index is 12.9. The molecule has 1 atom stereocenters. The van der Waals surface area contributed by atoms with Gasteiger partial charge in [-0.2, -0.15) is 0 Å².